The average Bonchev–Trinajstić information content (AvgIpc) is 2.45. The Labute approximate surface area is 121 Å². The number of aliphatic carboxylic acids is 1. The summed E-state index contributed by atoms with van der Waals surface area (Å²) in [6.45, 7) is 1.73. The maximum Gasteiger partial charge on any atom is 0.334 e. The summed E-state index contributed by atoms with van der Waals surface area (Å²) in [5.41, 5.74) is -0.520. The van der Waals surface area contributed by atoms with Crippen molar-refractivity contribution in [2.75, 3.05) is 5.32 Å². The van der Waals surface area contributed by atoms with Crippen LogP contribution < -0.4 is 5.32 Å². The summed E-state index contributed by atoms with van der Waals surface area (Å²) in [5, 5.41) is 21.9. The van der Waals surface area contributed by atoms with Crippen LogP contribution in [0.2, 0.25) is 0 Å². The molecule has 5 heteroatoms. The van der Waals surface area contributed by atoms with Crippen LogP contribution in [-0.2, 0) is 10.3 Å². The van der Waals surface area contributed by atoms with Gasteiger partial charge in [-0.05, 0) is 42.3 Å². The molecule has 0 aliphatic rings. The zero-order valence-electron chi connectivity index (χ0n) is 11.5. The van der Waals surface area contributed by atoms with Gasteiger partial charge in [-0.3, -0.25) is 0 Å². The molecule has 0 aliphatic carbocycles. The van der Waals surface area contributed by atoms with Crippen LogP contribution in [0.1, 0.15) is 18.9 Å². The summed E-state index contributed by atoms with van der Waals surface area (Å²) in [7, 11) is 0. The monoisotopic (exact) mass is 289 g/mol. The number of rotatable bonds is 5. The molecule has 3 N–H and O–H groups in total. The summed E-state index contributed by atoms with van der Waals surface area (Å²) in [6, 6.07) is 11.6. The quantitative estimate of drug-likeness (QED) is 0.789. The van der Waals surface area contributed by atoms with E-state index in [1.54, 1.807) is 25.1 Å². The molecule has 1 atom stereocenters. The van der Waals surface area contributed by atoms with Gasteiger partial charge >= 0.3 is 5.97 Å². The van der Waals surface area contributed by atoms with E-state index in [4.69, 9.17) is 0 Å². The van der Waals surface area contributed by atoms with E-state index in [2.05, 4.69) is 5.32 Å². The first kappa shape index (κ1) is 14.8. The van der Waals surface area contributed by atoms with E-state index in [-0.39, 0.29) is 12.2 Å². The fraction of sp³-hybridized carbons (Fsp3) is 0.188. The van der Waals surface area contributed by atoms with E-state index >= 15 is 0 Å². The van der Waals surface area contributed by atoms with Gasteiger partial charge < -0.3 is 15.5 Å². The zero-order chi connectivity index (χ0) is 15.5. The summed E-state index contributed by atoms with van der Waals surface area (Å²) in [4.78, 5) is 11.8. The fourth-order valence-corrected chi connectivity index (χ4v) is 2.25. The number of nitrogens with one attached hydrogen (secondary N) is 1. The average molecular weight is 289 g/mol. The van der Waals surface area contributed by atoms with Gasteiger partial charge in [-0.15, -0.1) is 0 Å². The number of benzene rings is 2. The van der Waals surface area contributed by atoms with E-state index in [0.29, 0.717) is 11.3 Å². The van der Waals surface area contributed by atoms with Crippen molar-refractivity contribution in [1.29, 1.82) is 0 Å². The number of phenolic OH excluding ortho intramolecular Hbond substituents is 1. The van der Waals surface area contributed by atoms with E-state index in [1.165, 1.54) is 30.3 Å². The van der Waals surface area contributed by atoms with Crippen LogP contribution in [-0.4, -0.2) is 16.2 Å². The second-order valence-electron chi connectivity index (χ2n) is 4.75. The minimum atomic E-state index is -1.39. The van der Waals surface area contributed by atoms with E-state index < -0.39 is 17.3 Å². The minimum Gasteiger partial charge on any atom is -0.508 e. The molecule has 0 aliphatic heterocycles. The highest BCUT2D eigenvalue weighted by Crippen LogP contribution is 2.31. The molecule has 0 radical (unpaired) electrons. The predicted octanol–water partition coefficient (Wildman–Crippen LogP) is 3.33. The highest BCUT2D eigenvalue weighted by Gasteiger charge is 2.38. The van der Waals surface area contributed by atoms with Crippen molar-refractivity contribution in [1.82, 2.24) is 0 Å². The minimum absolute atomic E-state index is 0.0555. The molecule has 0 heterocycles. The molecule has 4 nitrogen and oxygen atoms in total. The first-order chi connectivity index (χ1) is 9.98. The molecule has 0 bridgehead atoms. The molecule has 0 saturated carbocycles. The normalized spacial score (nSPS) is 13.4. The number of anilines is 1. The van der Waals surface area contributed by atoms with Crippen LogP contribution in [0.5, 0.6) is 5.75 Å². The highest BCUT2D eigenvalue weighted by molar-refractivity contribution is 5.84. The van der Waals surface area contributed by atoms with Crippen molar-refractivity contribution in [2.24, 2.45) is 0 Å². The third kappa shape index (κ3) is 2.97. The van der Waals surface area contributed by atoms with Crippen LogP contribution in [0.3, 0.4) is 0 Å². The van der Waals surface area contributed by atoms with Crippen LogP contribution in [0.15, 0.2) is 48.5 Å². The Morgan fingerprint density at radius 3 is 2.43 bits per heavy atom. The Balaban J connectivity index is 2.46. The third-order valence-corrected chi connectivity index (χ3v) is 3.44. The largest absolute Gasteiger partial charge is 0.508 e. The molecule has 110 valence electrons. The van der Waals surface area contributed by atoms with Gasteiger partial charge in [0.25, 0.3) is 0 Å². The lowest BCUT2D eigenvalue weighted by Gasteiger charge is -2.31. The second kappa shape index (κ2) is 5.83. The van der Waals surface area contributed by atoms with Gasteiger partial charge in [-0.2, -0.15) is 0 Å². The van der Waals surface area contributed by atoms with E-state index in [9.17, 15) is 19.4 Å². The molecule has 0 aromatic heterocycles. The Morgan fingerprint density at radius 1 is 1.24 bits per heavy atom. The number of halogens is 1. The third-order valence-electron chi connectivity index (χ3n) is 3.44. The van der Waals surface area contributed by atoms with Gasteiger partial charge in [-0.25, -0.2) is 9.18 Å². The molecular formula is C16H16FNO3. The molecular weight excluding hydrogens is 273 g/mol. The number of carbonyl (C=O) groups is 1. The summed E-state index contributed by atoms with van der Waals surface area (Å²) < 4.78 is 13.3. The molecule has 0 amide bonds. The van der Waals surface area contributed by atoms with E-state index in [1.807, 2.05) is 0 Å². The lowest BCUT2D eigenvalue weighted by molar-refractivity contribution is -0.142. The Kier molecular flexibility index (Phi) is 4.12. The van der Waals surface area contributed by atoms with Gasteiger partial charge in [-0.1, -0.05) is 25.1 Å². The Bertz CT molecular complexity index is 642. The second-order valence-corrected chi connectivity index (χ2v) is 4.75. The maximum absolute atomic E-state index is 13.3. The fourth-order valence-electron chi connectivity index (χ4n) is 2.25. The molecule has 21 heavy (non-hydrogen) atoms. The van der Waals surface area contributed by atoms with Crippen molar-refractivity contribution in [3.8, 4) is 5.75 Å². The van der Waals surface area contributed by atoms with Crippen molar-refractivity contribution in [2.45, 2.75) is 18.9 Å². The van der Waals surface area contributed by atoms with Gasteiger partial charge in [0.15, 0.2) is 5.54 Å². The summed E-state index contributed by atoms with van der Waals surface area (Å²) in [5.74, 6) is -1.46. The lowest BCUT2D eigenvalue weighted by Crippen LogP contribution is -2.43. The number of hydrogen-bond donors (Lipinski definition) is 3. The Morgan fingerprint density at radius 2 is 1.90 bits per heavy atom. The van der Waals surface area contributed by atoms with E-state index in [0.717, 1.165) is 0 Å². The van der Waals surface area contributed by atoms with Gasteiger partial charge in [0.05, 0.1) is 0 Å². The van der Waals surface area contributed by atoms with Crippen molar-refractivity contribution in [3.63, 3.8) is 0 Å². The van der Waals surface area contributed by atoms with Crippen LogP contribution >= 0.6 is 0 Å². The first-order valence-corrected chi connectivity index (χ1v) is 6.54. The topological polar surface area (TPSA) is 69.6 Å². The van der Waals surface area contributed by atoms with Crippen molar-refractivity contribution >= 4 is 11.7 Å². The van der Waals surface area contributed by atoms with Gasteiger partial charge in [0.2, 0.25) is 0 Å². The molecule has 2 rings (SSSR count). The lowest BCUT2D eigenvalue weighted by atomic mass is 9.86. The first-order valence-electron chi connectivity index (χ1n) is 6.54. The van der Waals surface area contributed by atoms with Gasteiger partial charge in [0.1, 0.15) is 11.6 Å². The summed E-state index contributed by atoms with van der Waals surface area (Å²) >= 11 is 0. The van der Waals surface area contributed by atoms with Crippen molar-refractivity contribution < 1.29 is 19.4 Å². The SMILES string of the molecule is CCC(Nc1cccc(F)c1)(C(=O)O)c1ccc(O)cc1. The number of hydrogen-bond acceptors (Lipinski definition) is 3. The molecule has 2 aromatic rings. The summed E-state index contributed by atoms with van der Waals surface area (Å²) in [6.07, 6.45) is 0.254. The number of carboxylic acids is 1. The molecule has 2 aromatic carbocycles. The highest BCUT2D eigenvalue weighted by atomic mass is 19.1. The molecule has 0 fully saturated rings. The zero-order valence-corrected chi connectivity index (χ0v) is 11.5. The smallest absolute Gasteiger partial charge is 0.334 e. The standard InChI is InChI=1S/C16H16FNO3/c1-2-16(15(20)21,11-6-8-14(19)9-7-11)18-13-5-3-4-12(17)10-13/h3-10,18-19H,2H2,1H3,(H,20,21). The maximum atomic E-state index is 13.3. The van der Waals surface area contributed by atoms with Gasteiger partial charge in [0, 0.05) is 5.69 Å². The molecule has 0 spiro atoms. The predicted molar refractivity (Wildman–Crippen MR) is 77.7 cm³/mol. The van der Waals surface area contributed by atoms with Crippen LogP contribution in [0.25, 0.3) is 0 Å². The Hall–Kier alpha value is -2.56. The van der Waals surface area contributed by atoms with Crippen LogP contribution in [0, 0.1) is 5.82 Å². The number of carboxylic acid groups (broad SMARTS) is 1. The number of aromatic hydroxyl groups is 1. The van der Waals surface area contributed by atoms with Crippen LogP contribution in [0.4, 0.5) is 10.1 Å². The van der Waals surface area contributed by atoms with Crippen molar-refractivity contribution in [3.05, 3.63) is 59.9 Å². The number of phenols is 1. The molecule has 1 unspecified atom stereocenters. The molecule has 0 saturated heterocycles.